The summed E-state index contributed by atoms with van der Waals surface area (Å²) in [6, 6.07) is 52.2. The van der Waals surface area contributed by atoms with Crippen LogP contribution in [0.5, 0.6) is 0 Å². The molecule has 224 valence electrons. The molecule has 0 N–H and O–H groups in total. The first-order chi connectivity index (χ1) is 23.8. The summed E-state index contributed by atoms with van der Waals surface area (Å²) in [5.41, 5.74) is 8.09. The van der Waals surface area contributed by atoms with E-state index in [2.05, 4.69) is 100 Å². The van der Waals surface area contributed by atoms with Crippen LogP contribution >= 0.6 is 0 Å². The lowest BCUT2D eigenvalue weighted by Crippen LogP contribution is -2.06. The largest absolute Gasteiger partial charge is 0.309 e. The van der Waals surface area contributed by atoms with Gasteiger partial charge in [0.15, 0.2) is 11.6 Å². The van der Waals surface area contributed by atoms with Crippen LogP contribution in [0, 0.1) is 0 Å². The molecule has 0 atom stereocenters. The highest BCUT2D eigenvalue weighted by atomic mass is 15.2. The standard InChI is InChI=1S/C42H26N6/c1-4-14-27(15-5-1)40-44-41(28-16-6-2-7-17-28)46-42(45-40)48-36-23-13-10-20-30(36)32-24-25-33-37(39(32)48)43-26-34-31-21-11-12-22-35(31)47(38(33)34)29-18-8-3-9-19-29/h1-26H. The zero-order chi connectivity index (χ0) is 31.6. The Hall–Kier alpha value is -6.66. The highest BCUT2D eigenvalue weighted by Crippen LogP contribution is 2.41. The maximum absolute atomic E-state index is 5.23. The third kappa shape index (κ3) is 3.93. The normalized spacial score (nSPS) is 11.8. The topological polar surface area (TPSA) is 61.4 Å². The van der Waals surface area contributed by atoms with Gasteiger partial charge in [-0.15, -0.1) is 0 Å². The number of para-hydroxylation sites is 3. The molecule has 0 spiro atoms. The summed E-state index contributed by atoms with van der Waals surface area (Å²) in [6.45, 7) is 0. The van der Waals surface area contributed by atoms with E-state index in [1.807, 2.05) is 66.9 Å². The lowest BCUT2D eigenvalue weighted by molar-refractivity contribution is 0.954. The van der Waals surface area contributed by atoms with Crippen LogP contribution in [0.4, 0.5) is 0 Å². The molecule has 0 aliphatic heterocycles. The molecule has 10 rings (SSSR count). The van der Waals surface area contributed by atoms with Gasteiger partial charge in [0.1, 0.15) is 0 Å². The summed E-state index contributed by atoms with van der Waals surface area (Å²) in [7, 11) is 0. The molecule has 0 fully saturated rings. The summed E-state index contributed by atoms with van der Waals surface area (Å²) < 4.78 is 4.53. The van der Waals surface area contributed by atoms with E-state index in [0.29, 0.717) is 17.6 Å². The number of fused-ring (bicyclic) bond motifs is 9. The van der Waals surface area contributed by atoms with E-state index in [-0.39, 0.29) is 0 Å². The molecule has 0 radical (unpaired) electrons. The lowest BCUT2D eigenvalue weighted by Gasteiger charge is -2.13. The minimum atomic E-state index is 0.548. The minimum Gasteiger partial charge on any atom is -0.309 e. The maximum Gasteiger partial charge on any atom is 0.238 e. The molecule has 0 bridgehead atoms. The Bertz CT molecular complexity index is 2760. The van der Waals surface area contributed by atoms with E-state index in [1.54, 1.807) is 0 Å². The number of hydrogen-bond acceptors (Lipinski definition) is 4. The van der Waals surface area contributed by atoms with Crippen LogP contribution in [0.2, 0.25) is 0 Å². The van der Waals surface area contributed by atoms with Crippen LogP contribution in [0.25, 0.3) is 88.9 Å². The van der Waals surface area contributed by atoms with Crippen molar-refractivity contribution in [2.75, 3.05) is 0 Å². The van der Waals surface area contributed by atoms with Crippen molar-refractivity contribution in [2.45, 2.75) is 0 Å². The fraction of sp³-hybridized carbons (Fsp3) is 0. The Morgan fingerprint density at radius 2 is 0.896 bits per heavy atom. The number of hydrogen-bond donors (Lipinski definition) is 0. The van der Waals surface area contributed by atoms with Crippen LogP contribution in [0.15, 0.2) is 158 Å². The van der Waals surface area contributed by atoms with Crippen LogP contribution in [-0.4, -0.2) is 29.1 Å². The highest BCUT2D eigenvalue weighted by Gasteiger charge is 2.22. The van der Waals surface area contributed by atoms with Gasteiger partial charge in [-0.1, -0.05) is 121 Å². The van der Waals surface area contributed by atoms with Crippen molar-refractivity contribution in [1.29, 1.82) is 0 Å². The molecule has 4 heterocycles. The van der Waals surface area contributed by atoms with Gasteiger partial charge in [-0.2, -0.15) is 9.97 Å². The lowest BCUT2D eigenvalue weighted by atomic mass is 10.1. The molecule has 0 aliphatic carbocycles. The number of benzene rings is 6. The van der Waals surface area contributed by atoms with Crippen LogP contribution in [-0.2, 0) is 0 Å². The minimum absolute atomic E-state index is 0.548. The quantitative estimate of drug-likeness (QED) is 0.198. The zero-order valence-corrected chi connectivity index (χ0v) is 25.7. The van der Waals surface area contributed by atoms with Gasteiger partial charge < -0.3 is 4.57 Å². The average molecular weight is 615 g/mol. The van der Waals surface area contributed by atoms with Gasteiger partial charge in [0, 0.05) is 49.9 Å². The molecule has 48 heavy (non-hydrogen) atoms. The SMILES string of the molecule is c1ccc(-c2nc(-c3ccccc3)nc(-n3c4ccccc4c4ccc5c(ncc6c7ccccc7n(-c7ccccc7)c65)c43)n2)cc1. The molecule has 6 aromatic carbocycles. The van der Waals surface area contributed by atoms with Crippen molar-refractivity contribution in [3.05, 3.63) is 158 Å². The van der Waals surface area contributed by atoms with Gasteiger partial charge in [-0.3, -0.25) is 9.55 Å². The molecular weight excluding hydrogens is 589 g/mol. The summed E-state index contributed by atoms with van der Waals surface area (Å²) >= 11 is 0. The van der Waals surface area contributed by atoms with Crippen molar-refractivity contribution in [3.63, 3.8) is 0 Å². The van der Waals surface area contributed by atoms with Gasteiger partial charge in [-0.25, -0.2) is 4.98 Å². The fourth-order valence-corrected chi connectivity index (χ4v) is 7.10. The molecule has 0 saturated heterocycles. The second-order valence-electron chi connectivity index (χ2n) is 11.9. The zero-order valence-electron chi connectivity index (χ0n) is 25.7. The summed E-state index contributed by atoms with van der Waals surface area (Å²) in [6.07, 6.45) is 2.03. The first kappa shape index (κ1) is 26.5. The fourth-order valence-electron chi connectivity index (χ4n) is 7.10. The van der Waals surface area contributed by atoms with E-state index in [0.717, 1.165) is 65.9 Å². The maximum atomic E-state index is 5.23. The summed E-state index contributed by atoms with van der Waals surface area (Å²) in [4.78, 5) is 20.5. The smallest absolute Gasteiger partial charge is 0.238 e. The van der Waals surface area contributed by atoms with Gasteiger partial charge in [-0.05, 0) is 30.3 Å². The molecular formula is C42H26N6. The molecule has 6 nitrogen and oxygen atoms in total. The number of pyridine rings is 1. The number of aromatic nitrogens is 6. The van der Waals surface area contributed by atoms with E-state index in [1.165, 1.54) is 5.39 Å². The predicted octanol–water partition coefficient (Wildman–Crippen LogP) is 9.95. The van der Waals surface area contributed by atoms with Crippen LogP contribution in [0.1, 0.15) is 0 Å². The first-order valence-corrected chi connectivity index (χ1v) is 16.0. The van der Waals surface area contributed by atoms with Crippen molar-refractivity contribution in [2.24, 2.45) is 0 Å². The Morgan fingerprint density at radius 1 is 0.375 bits per heavy atom. The van der Waals surface area contributed by atoms with Crippen LogP contribution < -0.4 is 0 Å². The van der Waals surface area contributed by atoms with Gasteiger partial charge >= 0.3 is 0 Å². The molecule has 0 amide bonds. The van der Waals surface area contributed by atoms with Crippen molar-refractivity contribution in [1.82, 2.24) is 29.1 Å². The Morgan fingerprint density at radius 3 is 1.54 bits per heavy atom. The molecule has 4 aromatic heterocycles. The molecule has 0 aliphatic rings. The predicted molar refractivity (Wildman–Crippen MR) is 195 cm³/mol. The van der Waals surface area contributed by atoms with Crippen molar-refractivity contribution < 1.29 is 0 Å². The van der Waals surface area contributed by atoms with Gasteiger partial charge in [0.2, 0.25) is 5.95 Å². The average Bonchev–Trinajstić information content (AvgIpc) is 3.69. The second kappa shape index (κ2) is 10.4. The highest BCUT2D eigenvalue weighted by molar-refractivity contribution is 6.24. The van der Waals surface area contributed by atoms with Crippen molar-refractivity contribution in [3.8, 4) is 34.4 Å². The molecule has 0 unspecified atom stereocenters. The number of rotatable bonds is 4. The third-order valence-corrected chi connectivity index (χ3v) is 9.20. The Kier molecular flexibility index (Phi) is 5.77. The first-order valence-electron chi connectivity index (χ1n) is 16.0. The van der Waals surface area contributed by atoms with E-state index in [9.17, 15) is 0 Å². The van der Waals surface area contributed by atoms with Gasteiger partial charge in [0.25, 0.3) is 0 Å². The van der Waals surface area contributed by atoms with Crippen LogP contribution in [0.3, 0.4) is 0 Å². The molecule has 10 aromatic rings. The van der Waals surface area contributed by atoms with E-state index >= 15 is 0 Å². The summed E-state index contributed by atoms with van der Waals surface area (Å²) in [5.74, 6) is 1.78. The number of nitrogens with zero attached hydrogens (tertiary/aromatic N) is 6. The Labute approximate surface area is 275 Å². The van der Waals surface area contributed by atoms with E-state index < -0.39 is 0 Å². The van der Waals surface area contributed by atoms with Gasteiger partial charge in [0.05, 0.1) is 27.6 Å². The molecule has 0 saturated carbocycles. The monoisotopic (exact) mass is 614 g/mol. The van der Waals surface area contributed by atoms with Crippen molar-refractivity contribution >= 4 is 54.5 Å². The third-order valence-electron chi connectivity index (χ3n) is 9.20. The second-order valence-corrected chi connectivity index (χ2v) is 11.9. The molecule has 6 heteroatoms. The van der Waals surface area contributed by atoms with E-state index in [4.69, 9.17) is 19.9 Å². The summed E-state index contributed by atoms with van der Waals surface area (Å²) in [5, 5.41) is 5.55. The Balaban J connectivity index is 1.36.